The number of carboxylic acid groups (broad SMARTS) is 1. The molecule has 2 unspecified atom stereocenters. The third kappa shape index (κ3) is 2.13. The van der Waals surface area contributed by atoms with Crippen LogP contribution in [0.15, 0.2) is 28.7 Å². The van der Waals surface area contributed by atoms with Crippen molar-refractivity contribution in [1.82, 2.24) is 0 Å². The minimum Gasteiger partial charge on any atom is -0.480 e. The van der Waals surface area contributed by atoms with Crippen LogP contribution < -0.4 is 5.73 Å². The smallest absolute Gasteiger partial charge is 0.323 e. The third-order valence-electron chi connectivity index (χ3n) is 3.32. The summed E-state index contributed by atoms with van der Waals surface area (Å²) in [7, 11) is 0. The van der Waals surface area contributed by atoms with Gasteiger partial charge in [-0.15, -0.1) is 0 Å². The van der Waals surface area contributed by atoms with Crippen LogP contribution in [0.25, 0.3) is 0 Å². The van der Waals surface area contributed by atoms with Crippen molar-refractivity contribution in [3.05, 3.63) is 34.3 Å². The molecular formula is C12H14BrNO2. The highest BCUT2D eigenvalue weighted by Gasteiger charge is 2.42. The van der Waals surface area contributed by atoms with Gasteiger partial charge in [0.05, 0.1) is 0 Å². The highest BCUT2D eigenvalue weighted by Crippen LogP contribution is 2.39. The first-order valence-corrected chi connectivity index (χ1v) is 6.08. The second kappa shape index (κ2) is 4.18. The molecule has 1 aromatic rings. The number of benzene rings is 1. The van der Waals surface area contributed by atoms with Gasteiger partial charge in [-0.3, -0.25) is 4.79 Å². The Hall–Kier alpha value is -0.870. The van der Waals surface area contributed by atoms with Crippen molar-refractivity contribution in [3.63, 3.8) is 0 Å². The van der Waals surface area contributed by atoms with E-state index in [9.17, 15) is 4.79 Å². The molecule has 16 heavy (non-hydrogen) atoms. The van der Waals surface area contributed by atoms with E-state index in [1.54, 1.807) is 0 Å². The average molecular weight is 284 g/mol. The lowest BCUT2D eigenvalue weighted by atomic mass is 9.93. The van der Waals surface area contributed by atoms with Crippen LogP contribution in [-0.2, 0) is 4.79 Å². The summed E-state index contributed by atoms with van der Waals surface area (Å²) in [5, 5.41) is 9.05. The Bertz CT molecular complexity index is 404. The number of carboxylic acids is 1. The van der Waals surface area contributed by atoms with Gasteiger partial charge in [-0.25, -0.2) is 0 Å². The average Bonchev–Trinajstić information content (AvgIpc) is 2.63. The summed E-state index contributed by atoms with van der Waals surface area (Å²) >= 11 is 3.38. The largest absolute Gasteiger partial charge is 0.480 e. The van der Waals surface area contributed by atoms with Crippen molar-refractivity contribution in [2.75, 3.05) is 0 Å². The highest BCUT2D eigenvalue weighted by molar-refractivity contribution is 9.10. The van der Waals surface area contributed by atoms with Crippen molar-refractivity contribution in [2.45, 2.75) is 30.7 Å². The van der Waals surface area contributed by atoms with Crippen LogP contribution in [0.3, 0.4) is 0 Å². The Balaban J connectivity index is 2.15. The van der Waals surface area contributed by atoms with Crippen LogP contribution in [-0.4, -0.2) is 16.6 Å². The molecule has 0 aromatic heterocycles. The van der Waals surface area contributed by atoms with E-state index in [1.165, 1.54) is 5.56 Å². The minimum absolute atomic E-state index is 0.272. The van der Waals surface area contributed by atoms with Crippen LogP contribution in [0.1, 0.15) is 30.7 Å². The molecule has 1 fully saturated rings. The van der Waals surface area contributed by atoms with Gasteiger partial charge in [0.2, 0.25) is 0 Å². The minimum atomic E-state index is -1.03. The van der Waals surface area contributed by atoms with Crippen molar-refractivity contribution in [2.24, 2.45) is 5.73 Å². The number of halogens is 1. The molecule has 0 spiro atoms. The lowest BCUT2D eigenvalue weighted by Crippen LogP contribution is -2.45. The molecule has 0 radical (unpaired) electrons. The monoisotopic (exact) mass is 283 g/mol. The maximum atomic E-state index is 11.0. The fourth-order valence-electron chi connectivity index (χ4n) is 2.29. The first-order valence-electron chi connectivity index (χ1n) is 5.29. The Morgan fingerprint density at radius 1 is 1.44 bits per heavy atom. The fourth-order valence-corrected chi connectivity index (χ4v) is 2.55. The number of hydrogen-bond donors (Lipinski definition) is 2. The molecule has 3 nitrogen and oxygen atoms in total. The number of carbonyl (C=O) groups is 1. The predicted molar refractivity (Wildman–Crippen MR) is 65.3 cm³/mol. The van der Waals surface area contributed by atoms with Crippen LogP contribution >= 0.6 is 15.9 Å². The second-order valence-corrected chi connectivity index (χ2v) is 5.37. The van der Waals surface area contributed by atoms with E-state index >= 15 is 0 Å². The molecule has 0 saturated heterocycles. The molecule has 0 bridgehead atoms. The predicted octanol–water partition coefficient (Wildman–Crippen LogP) is 2.50. The summed E-state index contributed by atoms with van der Waals surface area (Å²) in [5.74, 6) is -0.610. The molecule has 4 heteroatoms. The molecule has 3 N–H and O–H groups in total. The summed E-state index contributed by atoms with van der Waals surface area (Å²) < 4.78 is 1.03. The van der Waals surface area contributed by atoms with Crippen molar-refractivity contribution in [3.8, 4) is 0 Å². The summed E-state index contributed by atoms with van der Waals surface area (Å²) in [6.45, 7) is 0. The van der Waals surface area contributed by atoms with Gasteiger partial charge in [0.15, 0.2) is 0 Å². The van der Waals surface area contributed by atoms with E-state index in [4.69, 9.17) is 10.8 Å². The Morgan fingerprint density at radius 3 is 2.56 bits per heavy atom. The standard InChI is InChI=1S/C12H14BrNO2/c13-10-3-1-8(2-4-10)9-5-6-12(14,7-9)11(15)16/h1-4,9H,5-7,14H2,(H,15,16). The lowest BCUT2D eigenvalue weighted by molar-refractivity contribution is -0.143. The molecule has 2 rings (SSSR count). The zero-order chi connectivity index (χ0) is 11.8. The van der Waals surface area contributed by atoms with Crippen molar-refractivity contribution < 1.29 is 9.90 Å². The highest BCUT2D eigenvalue weighted by atomic mass is 79.9. The molecule has 2 atom stereocenters. The van der Waals surface area contributed by atoms with Crippen LogP contribution in [0.5, 0.6) is 0 Å². The van der Waals surface area contributed by atoms with Crippen LogP contribution in [0, 0.1) is 0 Å². The van der Waals surface area contributed by atoms with E-state index in [1.807, 2.05) is 24.3 Å². The van der Waals surface area contributed by atoms with Gasteiger partial charge in [-0.05, 0) is 42.9 Å². The summed E-state index contributed by atoms with van der Waals surface area (Å²) in [6, 6.07) is 8.02. The molecule has 1 aromatic carbocycles. The number of aliphatic carboxylic acids is 1. The maximum Gasteiger partial charge on any atom is 0.323 e. The quantitative estimate of drug-likeness (QED) is 0.877. The van der Waals surface area contributed by atoms with E-state index in [0.29, 0.717) is 12.8 Å². The van der Waals surface area contributed by atoms with Gasteiger partial charge in [0.25, 0.3) is 0 Å². The van der Waals surface area contributed by atoms with Gasteiger partial charge in [-0.1, -0.05) is 28.1 Å². The lowest BCUT2D eigenvalue weighted by Gasteiger charge is -2.18. The zero-order valence-corrected chi connectivity index (χ0v) is 10.4. The van der Waals surface area contributed by atoms with Gasteiger partial charge < -0.3 is 10.8 Å². The molecule has 1 aliphatic rings. The van der Waals surface area contributed by atoms with Crippen LogP contribution in [0.4, 0.5) is 0 Å². The number of hydrogen-bond acceptors (Lipinski definition) is 2. The molecule has 0 heterocycles. The molecular weight excluding hydrogens is 270 g/mol. The second-order valence-electron chi connectivity index (χ2n) is 4.45. The first-order chi connectivity index (χ1) is 7.51. The Labute approximate surface area is 103 Å². The Kier molecular flexibility index (Phi) is 3.04. The molecule has 1 aliphatic carbocycles. The van der Waals surface area contributed by atoms with Gasteiger partial charge in [-0.2, -0.15) is 0 Å². The Morgan fingerprint density at radius 2 is 2.06 bits per heavy atom. The van der Waals surface area contributed by atoms with Crippen LogP contribution in [0.2, 0.25) is 0 Å². The third-order valence-corrected chi connectivity index (χ3v) is 3.85. The molecule has 1 saturated carbocycles. The molecule has 0 amide bonds. The summed E-state index contributed by atoms with van der Waals surface area (Å²) in [4.78, 5) is 11.0. The van der Waals surface area contributed by atoms with Crippen molar-refractivity contribution >= 4 is 21.9 Å². The summed E-state index contributed by atoms with van der Waals surface area (Å²) in [6.07, 6.45) is 1.94. The SMILES string of the molecule is NC1(C(=O)O)CCC(c2ccc(Br)cc2)C1. The van der Waals surface area contributed by atoms with E-state index in [0.717, 1.165) is 10.9 Å². The van der Waals surface area contributed by atoms with E-state index < -0.39 is 11.5 Å². The van der Waals surface area contributed by atoms with E-state index in [2.05, 4.69) is 15.9 Å². The normalized spacial score (nSPS) is 29.2. The topological polar surface area (TPSA) is 63.3 Å². The first kappa shape index (κ1) is 11.6. The van der Waals surface area contributed by atoms with E-state index in [-0.39, 0.29) is 5.92 Å². The fraction of sp³-hybridized carbons (Fsp3) is 0.417. The van der Waals surface area contributed by atoms with Crippen molar-refractivity contribution in [1.29, 1.82) is 0 Å². The number of nitrogens with two attached hydrogens (primary N) is 1. The molecule has 86 valence electrons. The van der Waals surface area contributed by atoms with Gasteiger partial charge in [0, 0.05) is 4.47 Å². The zero-order valence-electron chi connectivity index (χ0n) is 8.82. The maximum absolute atomic E-state index is 11.0. The van der Waals surface area contributed by atoms with Gasteiger partial charge in [0.1, 0.15) is 5.54 Å². The number of rotatable bonds is 2. The molecule has 0 aliphatic heterocycles. The summed E-state index contributed by atoms with van der Waals surface area (Å²) in [5.41, 5.74) is 6.00. The van der Waals surface area contributed by atoms with Gasteiger partial charge >= 0.3 is 5.97 Å².